The van der Waals surface area contributed by atoms with Crippen molar-refractivity contribution in [3.05, 3.63) is 66.6 Å². The van der Waals surface area contributed by atoms with Crippen LogP contribution in [-0.4, -0.2) is 37.1 Å². The minimum absolute atomic E-state index is 0.00758. The van der Waals surface area contributed by atoms with Crippen molar-refractivity contribution in [3.8, 4) is 17.2 Å². The smallest absolute Gasteiger partial charge is 0.327 e. The van der Waals surface area contributed by atoms with Gasteiger partial charge in [-0.1, -0.05) is 23.2 Å². The second-order valence-corrected chi connectivity index (χ2v) is 8.26. The SMILES string of the molecule is COc1cc(C(=O)Nc2ncc(Cc3cc(Cl)ccc3Cl)s2)c([N+](=O)[O-])c(OC)c1OC. The maximum atomic E-state index is 12.9. The minimum atomic E-state index is -0.752. The number of amides is 1. The van der Waals surface area contributed by atoms with Gasteiger partial charge in [-0.3, -0.25) is 20.2 Å². The number of benzene rings is 2. The monoisotopic (exact) mass is 497 g/mol. The molecular weight excluding hydrogens is 481 g/mol. The number of nitro benzene ring substituents is 1. The molecular formula is C20H17Cl2N3O6S. The van der Waals surface area contributed by atoms with E-state index in [1.807, 2.05) is 0 Å². The standard InChI is InChI=1S/C20H17Cl2N3O6S/c1-29-15-8-13(16(25(27)28)18(31-3)17(15)30-2)19(26)24-20-23-9-12(32-20)7-10-6-11(21)4-5-14(10)22/h4-6,8-9H,7H2,1-3H3,(H,23,24,26). The molecule has 0 atom stereocenters. The Bertz CT molecular complexity index is 1180. The summed E-state index contributed by atoms with van der Waals surface area (Å²) in [5.74, 6) is -0.862. The van der Waals surface area contributed by atoms with Crippen molar-refractivity contribution in [1.82, 2.24) is 4.98 Å². The van der Waals surface area contributed by atoms with Gasteiger partial charge in [-0.2, -0.15) is 0 Å². The highest BCUT2D eigenvalue weighted by Crippen LogP contribution is 2.46. The fraction of sp³-hybridized carbons (Fsp3) is 0.200. The van der Waals surface area contributed by atoms with E-state index in [0.717, 1.165) is 10.4 Å². The Morgan fingerprint density at radius 1 is 1.16 bits per heavy atom. The molecule has 0 unspecified atom stereocenters. The fourth-order valence-corrected chi connectivity index (χ4v) is 4.18. The summed E-state index contributed by atoms with van der Waals surface area (Å²) in [7, 11) is 3.89. The minimum Gasteiger partial charge on any atom is -0.493 e. The zero-order chi connectivity index (χ0) is 23.4. The quantitative estimate of drug-likeness (QED) is 0.334. The molecule has 32 heavy (non-hydrogen) atoms. The van der Waals surface area contributed by atoms with Gasteiger partial charge in [-0.25, -0.2) is 4.98 Å². The van der Waals surface area contributed by atoms with Crippen molar-refractivity contribution in [2.45, 2.75) is 6.42 Å². The van der Waals surface area contributed by atoms with Gasteiger partial charge in [-0.15, -0.1) is 11.3 Å². The lowest BCUT2D eigenvalue weighted by atomic mass is 10.1. The van der Waals surface area contributed by atoms with E-state index < -0.39 is 16.5 Å². The maximum Gasteiger partial charge on any atom is 0.327 e. The molecule has 9 nitrogen and oxygen atoms in total. The van der Waals surface area contributed by atoms with Gasteiger partial charge in [0.2, 0.25) is 11.5 Å². The molecule has 2 aromatic carbocycles. The number of carbonyl (C=O) groups is 1. The molecule has 1 N–H and O–H groups in total. The number of nitro groups is 1. The third kappa shape index (κ3) is 4.87. The topological polar surface area (TPSA) is 113 Å². The van der Waals surface area contributed by atoms with Crippen LogP contribution in [0.1, 0.15) is 20.8 Å². The van der Waals surface area contributed by atoms with Crippen LogP contribution in [0.2, 0.25) is 10.0 Å². The highest BCUT2D eigenvalue weighted by atomic mass is 35.5. The molecule has 0 bridgehead atoms. The van der Waals surface area contributed by atoms with E-state index in [9.17, 15) is 14.9 Å². The number of nitrogens with zero attached hydrogens (tertiary/aromatic N) is 2. The zero-order valence-electron chi connectivity index (χ0n) is 17.1. The lowest BCUT2D eigenvalue weighted by Crippen LogP contribution is -2.15. The molecule has 0 saturated carbocycles. The number of carbonyl (C=O) groups excluding carboxylic acids is 1. The first-order valence-electron chi connectivity index (χ1n) is 8.96. The Labute approximate surface area is 197 Å². The van der Waals surface area contributed by atoms with E-state index in [1.54, 1.807) is 24.4 Å². The second-order valence-electron chi connectivity index (χ2n) is 6.30. The zero-order valence-corrected chi connectivity index (χ0v) is 19.4. The Morgan fingerprint density at radius 3 is 2.50 bits per heavy atom. The van der Waals surface area contributed by atoms with Crippen LogP contribution < -0.4 is 19.5 Å². The Kier molecular flexibility index (Phi) is 7.39. The third-order valence-corrected chi connectivity index (χ3v) is 5.89. The van der Waals surface area contributed by atoms with E-state index in [-0.39, 0.29) is 27.9 Å². The van der Waals surface area contributed by atoms with Gasteiger partial charge >= 0.3 is 5.69 Å². The second kappa shape index (κ2) is 10.0. The molecule has 0 spiro atoms. The van der Waals surface area contributed by atoms with Crippen molar-refractivity contribution in [2.75, 3.05) is 26.6 Å². The van der Waals surface area contributed by atoms with Crippen molar-refractivity contribution >= 4 is 51.3 Å². The molecule has 3 rings (SSSR count). The molecule has 1 aromatic heterocycles. The first-order chi connectivity index (χ1) is 15.3. The van der Waals surface area contributed by atoms with Gasteiger partial charge in [0.05, 0.1) is 26.3 Å². The number of hydrogen-bond acceptors (Lipinski definition) is 8. The number of nitrogens with one attached hydrogen (secondary N) is 1. The summed E-state index contributed by atoms with van der Waals surface area (Å²) in [5, 5.41) is 15.7. The number of methoxy groups -OCH3 is 3. The highest BCUT2D eigenvalue weighted by Gasteiger charge is 2.32. The first-order valence-corrected chi connectivity index (χ1v) is 10.5. The van der Waals surface area contributed by atoms with Crippen LogP contribution in [0.4, 0.5) is 10.8 Å². The number of thiazole rings is 1. The van der Waals surface area contributed by atoms with E-state index in [2.05, 4.69) is 10.3 Å². The van der Waals surface area contributed by atoms with Gasteiger partial charge in [0.25, 0.3) is 5.91 Å². The van der Waals surface area contributed by atoms with Gasteiger partial charge in [0, 0.05) is 33.6 Å². The van der Waals surface area contributed by atoms with Gasteiger partial charge in [0.1, 0.15) is 5.56 Å². The van der Waals surface area contributed by atoms with Crippen LogP contribution in [0.25, 0.3) is 0 Å². The van der Waals surface area contributed by atoms with E-state index in [1.165, 1.54) is 38.7 Å². The lowest BCUT2D eigenvalue weighted by Gasteiger charge is -2.14. The molecule has 0 aliphatic rings. The number of aromatic nitrogens is 1. The summed E-state index contributed by atoms with van der Waals surface area (Å²) in [5.41, 5.74) is -0.00904. The Hall–Kier alpha value is -3.08. The third-order valence-electron chi connectivity index (χ3n) is 4.38. The molecule has 0 radical (unpaired) electrons. The van der Waals surface area contributed by atoms with Crippen molar-refractivity contribution in [2.24, 2.45) is 0 Å². The summed E-state index contributed by atoms with van der Waals surface area (Å²) >= 11 is 13.4. The number of rotatable bonds is 8. The summed E-state index contributed by atoms with van der Waals surface area (Å²) in [6, 6.07) is 6.36. The average molecular weight is 498 g/mol. The van der Waals surface area contributed by atoms with Crippen LogP contribution in [-0.2, 0) is 6.42 Å². The highest BCUT2D eigenvalue weighted by molar-refractivity contribution is 7.15. The normalized spacial score (nSPS) is 10.5. The first kappa shape index (κ1) is 23.6. The Balaban J connectivity index is 1.91. The van der Waals surface area contributed by atoms with Gasteiger partial charge in [0.15, 0.2) is 10.9 Å². The predicted octanol–water partition coefficient (Wildman–Crippen LogP) is 5.23. The molecule has 0 fully saturated rings. The fourth-order valence-electron chi connectivity index (χ4n) is 2.97. The number of hydrogen-bond donors (Lipinski definition) is 1. The van der Waals surface area contributed by atoms with Crippen LogP contribution in [0.5, 0.6) is 17.2 Å². The molecule has 1 amide bonds. The average Bonchev–Trinajstić information content (AvgIpc) is 3.20. The molecule has 168 valence electrons. The maximum absolute atomic E-state index is 12.9. The van der Waals surface area contributed by atoms with E-state index in [4.69, 9.17) is 37.4 Å². The molecule has 12 heteroatoms. The van der Waals surface area contributed by atoms with Crippen molar-refractivity contribution < 1.29 is 23.9 Å². The number of halogens is 2. The number of ether oxygens (including phenoxy) is 3. The Morgan fingerprint density at radius 2 is 1.88 bits per heavy atom. The summed E-state index contributed by atoms with van der Waals surface area (Å²) in [6.07, 6.45) is 2.04. The van der Waals surface area contributed by atoms with Crippen molar-refractivity contribution in [3.63, 3.8) is 0 Å². The predicted molar refractivity (Wildman–Crippen MR) is 122 cm³/mol. The van der Waals surface area contributed by atoms with Crippen LogP contribution >= 0.6 is 34.5 Å². The largest absolute Gasteiger partial charge is 0.493 e. The van der Waals surface area contributed by atoms with Crippen molar-refractivity contribution in [1.29, 1.82) is 0 Å². The summed E-state index contributed by atoms with van der Waals surface area (Å²) in [6.45, 7) is 0. The van der Waals surface area contributed by atoms with Crippen LogP contribution in [0.3, 0.4) is 0 Å². The number of anilines is 1. The van der Waals surface area contributed by atoms with E-state index in [0.29, 0.717) is 16.5 Å². The molecule has 0 aliphatic heterocycles. The molecule has 3 aromatic rings. The van der Waals surface area contributed by atoms with Gasteiger partial charge in [-0.05, 0) is 23.8 Å². The van der Waals surface area contributed by atoms with E-state index >= 15 is 0 Å². The van der Waals surface area contributed by atoms with Crippen LogP contribution in [0.15, 0.2) is 30.5 Å². The van der Waals surface area contributed by atoms with Gasteiger partial charge < -0.3 is 14.2 Å². The summed E-state index contributed by atoms with van der Waals surface area (Å²) < 4.78 is 15.5. The lowest BCUT2D eigenvalue weighted by molar-refractivity contribution is -0.386. The molecule has 1 heterocycles. The molecule has 0 aliphatic carbocycles. The summed E-state index contributed by atoms with van der Waals surface area (Å²) in [4.78, 5) is 28.9. The van der Waals surface area contributed by atoms with Crippen LogP contribution in [0, 0.1) is 10.1 Å². The molecule has 0 saturated heterocycles.